The highest BCUT2D eigenvalue weighted by atomic mass is 19.4. The Morgan fingerprint density at radius 1 is 1.29 bits per heavy atom. The molecule has 1 aliphatic heterocycles. The summed E-state index contributed by atoms with van der Waals surface area (Å²) >= 11 is 0. The van der Waals surface area contributed by atoms with Crippen LogP contribution >= 0.6 is 0 Å². The molecule has 1 atom stereocenters. The van der Waals surface area contributed by atoms with Crippen LogP contribution in [-0.2, 0) is 6.18 Å². The van der Waals surface area contributed by atoms with Crippen LogP contribution in [0, 0.1) is 15.9 Å². The van der Waals surface area contributed by atoms with E-state index in [1.807, 2.05) is 0 Å². The van der Waals surface area contributed by atoms with Crippen LogP contribution in [0.4, 0.5) is 29.1 Å². The Labute approximate surface area is 156 Å². The predicted octanol–water partition coefficient (Wildman–Crippen LogP) is 3.16. The second kappa shape index (κ2) is 7.41. The van der Waals surface area contributed by atoms with Crippen LogP contribution < -0.4 is 10.2 Å². The molecule has 0 radical (unpaired) electrons. The number of nitro benzene ring substituents is 1. The van der Waals surface area contributed by atoms with E-state index >= 15 is 0 Å². The maximum absolute atomic E-state index is 13.8. The molecule has 1 saturated heterocycles. The Hall–Kier alpha value is -3.24. The average Bonchev–Trinajstić information content (AvgIpc) is 3.08. The third-order valence-corrected chi connectivity index (χ3v) is 4.33. The van der Waals surface area contributed by atoms with Crippen molar-refractivity contribution in [3.8, 4) is 0 Å². The van der Waals surface area contributed by atoms with Crippen molar-refractivity contribution in [3.05, 3.63) is 63.6 Å². The number of anilines is 1. The number of carbonyl (C=O) groups is 1. The molecule has 2 heterocycles. The average molecular weight is 398 g/mol. The van der Waals surface area contributed by atoms with Gasteiger partial charge in [-0.1, -0.05) is 6.07 Å². The van der Waals surface area contributed by atoms with Gasteiger partial charge in [0.15, 0.2) is 11.6 Å². The minimum absolute atomic E-state index is 0.0703. The third kappa shape index (κ3) is 3.87. The monoisotopic (exact) mass is 398 g/mol. The number of nitro groups is 1. The van der Waals surface area contributed by atoms with Crippen molar-refractivity contribution in [2.24, 2.45) is 0 Å². The van der Waals surface area contributed by atoms with Gasteiger partial charge in [-0.15, -0.1) is 0 Å². The highest BCUT2D eigenvalue weighted by Crippen LogP contribution is 2.36. The molecule has 11 heteroatoms. The van der Waals surface area contributed by atoms with E-state index in [2.05, 4.69) is 10.3 Å². The molecule has 3 rings (SSSR count). The molecule has 1 amide bonds. The Morgan fingerprint density at radius 3 is 2.68 bits per heavy atom. The summed E-state index contributed by atoms with van der Waals surface area (Å²) in [4.78, 5) is 28.0. The molecule has 0 saturated carbocycles. The first kappa shape index (κ1) is 19.5. The van der Waals surface area contributed by atoms with Gasteiger partial charge in [0.1, 0.15) is 5.56 Å². The number of amides is 1. The second-order valence-corrected chi connectivity index (χ2v) is 6.17. The normalized spacial score (nSPS) is 16.9. The second-order valence-electron chi connectivity index (χ2n) is 6.17. The SMILES string of the molecule is O=C(NC1CCN(c2ncccc2F)C1)c1c([N+](=O)[O-])cccc1C(F)(F)F. The van der Waals surface area contributed by atoms with Crippen molar-refractivity contribution in [2.45, 2.75) is 18.6 Å². The van der Waals surface area contributed by atoms with Gasteiger partial charge in [0.2, 0.25) is 0 Å². The number of nitrogens with one attached hydrogen (secondary N) is 1. The number of halogens is 4. The molecule has 1 N–H and O–H groups in total. The minimum Gasteiger partial charge on any atom is -0.352 e. The third-order valence-electron chi connectivity index (χ3n) is 4.33. The largest absolute Gasteiger partial charge is 0.417 e. The predicted molar refractivity (Wildman–Crippen MR) is 90.4 cm³/mol. The molecule has 0 bridgehead atoms. The van der Waals surface area contributed by atoms with Crippen molar-refractivity contribution in [3.63, 3.8) is 0 Å². The smallest absolute Gasteiger partial charge is 0.352 e. The molecule has 7 nitrogen and oxygen atoms in total. The number of nitrogens with zero attached hydrogens (tertiary/aromatic N) is 3. The van der Waals surface area contributed by atoms with Gasteiger partial charge in [-0.3, -0.25) is 14.9 Å². The fourth-order valence-electron chi connectivity index (χ4n) is 3.11. The number of alkyl halides is 3. The minimum atomic E-state index is -4.93. The standard InChI is InChI=1S/C17H14F4N4O3/c18-12-4-2-7-22-15(12)24-8-6-10(9-24)23-16(26)14-11(17(19,20)21)3-1-5-13(14)25(27)28/h1-5,7,10H,6,8-9H2,(H,23,26). The molecule has 28 heavy (non-hydrogen) atoms. The fraction of sp³-hybridized carbons (Fsp3) is 0.294. The van der Waals surface area contributed by atoms with E-state index in [1.54, 1.807) is 4.90 Å². The van der Waals surface area contributed by atoms with Crippen LogP contribution in [0.25, 0.3) is 0 Å². The van der Waals surface area contributed by atoms with Gasteiger partial charge < -0.3 is 10.2 Å². The Balaban J connectivity index is 1.83. The fourth-order valence-corrected chi connectivity index (χ4v) is 3.11. The Morgan fingerprint density at radius 2 is 2.04 bits per heavy atom. The number of rotatable bonds is 4. The highest BCUT2D eigenvalue weighted by molar-refractivity contribution is 6.00. The molecular formula is C17H14F4N4O3. The van der Waals surface area contributed by atoms with Gasteiger partial charge in [0.25, 0.3) is 11.6 Å². The maximum atomic E-state index is 13.8. The van der Waals surface area contributed by atoms with Crippen LogP contribution in [-0.4, -0.2) is 34.9 Å². The molecule has 148 valence electrons. The molecule has 2 aromatic rings. The lowest BCUT2D eigenvalue weighted by Gasteiger charge is -2.19. The molecule has 1 unspecified atom stereocenters. The summed E-state index contributed by atoms with van der Waals surface area (Å²) < 4.78 is 53.5. The van der Waals surface area contributed by atoms with Crippen molar-refractivity contribution in [1.82, 2.24) is 10.3 Å². The van der Waals surface area contributed by atoms with E-state index in [-0.39, 0.29) is 12.4 Å². The van der Waals surface area contributed by atoms with E-state index in [9.17, 15) is 32.5 Å². The quantitative estimate of drug-likeness (QED) is 0.486. The summed E-state index contributed by atoms with van der Waals surface area (Å²) in [5.41, 5.74) is -3.36. The van der Waals surface area contributed by atoms with Gasteiger partial charge in [-0.2, -0.15) is 13.2 Å². The lowest BCUT2D eigenvalue weighted by Crippen LogP contribution is -2.38. The van der Waals surface area contributed by atoms with Gasteiger partial charge in [0, 0.05) is 31.4 Å². The number of aromatic nitrogens is 1. The van der Waals surface area contributed by atoms with Crippen molar-refractivity contribution in [1.29, 1.82) is 0 Å². The summed E-state index contributed by atoms with van der Waals surface area (Å²) in [5, 5.41) is 13.5. The molecule has 1 fully saturated rings. The maximum Gasteiger partial charge on any atom is 0.417 e. The summed E-state index contributed by atoms with van der Waals surface area (Å²) in [7, 11) is 0. The first-order valence-electron chi connectivity index (χ1n) is 8.19. The number of hydrogen-bond donors (Lipinski definition) is 1. The number of carbonyl (C=O) groups excluding carboxylic acids is 1. The molecule has 0 spiro atoms. The lowest BCUT2D eigenvalue weighted by atomic mass is 10.0. The van der Waals surface area contributed by atoms with Crippen LogP contribution in [0.3, 0.4) is 0 Å². The van der Waals surface area contributed by atoms with Crippen LogP contribution in [0.1, 0.15) is 22.3 Å². The zero-order valence-corrected chi connectivity index (χ0v) is 14.2. The van der Waals surface area contributed by atoms with Crippen molar-refractivity contribution < 1.29 is 27.3 Å². The topological polar surface area (TPSA) is 88.4 Å². The zero-order chi connectivity index (χ0) is 20.5. The zero-order valence-electron chi connectivity index (χ0n) is 14.2. The molecular weight excluding hydrogens is 384 g/mol. The summed E-state index contributed by atoms with van der Waals surface area (Å²) in [6.45, 7) is 0.434. The highest BCUT2D eigenvalue weighted by Gasteiger charge is 2.40. The number of hydrogen-bond acceptors (Lipinski definition) is 5. The molecule has 1 aromatic heterocycles. The summed E-state index contributed by atoms with van der Waals surface area (Å²) in [6, 6.07) is 4.35. The first-order chi connectivity index (χ1) is 13.2. The summed E-state index contributed by atoms with van der Waals surface area (Å²) in [5.74, 6) is -1.69. The Bertz CT molecular complexity index is 920. The van der Waals surface area contributed by atoms with E-state index in [0.717, 1.165) is 12.1 Å². The van der Waals surface area contributed by atoms with Crippen LogP contribution in [0.2, 0.25) is 0 Å². The van der Waals surface area contributed by atoms with Gasteiger partial charge in [-0.05, 0) is 24.6 Å². The van der Waals surface area contributed by atoms with Gasteiger partial charge in [0.05, 0.1) is 10.5 Å². The van der Waals surface area contributed by atoms with Crippen molar-refractivity contribution in [2.75, 3.05) is 18.0 Å². The molecule has 1 aromatic carbocycles. The van der Waals surface area contributed by atoms with Crippen LogP contribution in [0.5, 0.6) is 0 Å². The van der Waals surface area contributed by atoms with E-state index in [0.29, 0.717) is 19.0 Å². The molecule has 1 aliphatic rings. The first-order valence-corrected chi connectivity index (χ1v) is 8.19. The lowest BCUT2D eigenvalue weighted by molar-refractivity contribution is -0.385. The summed E-state index contributed by atoms with van der Waals surface area (Å²) in [6.07, 6.45) is -3.21. The van der Waals surface area contributed by atoms with E-state index < -0.39 is 45.7 Å². The van der Waals surface area contributed by atoms with Gasteiger partial charge in [-0.25, -0.2) is 9.37 Å². The Kier molecular flexibility index (Phi) is 5.16. The molecule has 0 aliphatic carbocycles. The van der Waals surface area contributed by atoms with Gasteiger partial charge >= 0.3 is 6.18 Å². The van der Waals surface area contributed by atoms with E-state index in [4.69, 9.17) is 0 Å². The van der Waals surface area contributed by atoms with E-state index in [1.165, 1.54) is 18.3 Å². The number of pyridine rings is 1. The number of benzene rings is 1. The van der Waals surface area contributed by atoms with Crippen LogP contribution in [0.15, 0.2) is 36.5 Å². The van der Waals surface area contributed by atoms with Crippen molar-refractivity contribution >= 4 is 17.4 Å².